The molecule has 1 fully saturated rings. The molecule has 0 spiro atoms. The molecule has 2 unspecified atom stereocenters. The van der Waals surface area contributed by atoms with Crippen LogP contribution < -0.4 is 5.32 Å². The molecule has 0 aromatic carbocycles. The minimum Gasteiger partial charge on any atom is -0.319 e. The lowest BCUT2D eigenvalue weighted by atomic mass is 9.98. The van der Waals surface area contributed by atoms with Crippen LogP contribution in [0.5, 0.6) is 0 Å². The van der Waals surface area contributed by atoms with Crippen LogP contribution in [-0.4, -0.2) is 74.0 Å². The third kappa shape index (κ3) is 5.05. The fourth-order valence-electron chi connectivity index (χ4n) is 4.45. The van der Waals surface area contributed by atoms with Crippen molar-refractivity contribution in [3.8, 4) is 0 Å². The number of amides is 3. The van der Waals surface area contributed by atoms with Crippen LogP contribution in [0.2, 0.25) is 5.02 Å². The van der Waals surface area contributed by atoms with Crippen LogP contribution in [0.4, 0.5) is 10.6 Å². The molecule has 2 N–H and O–H groups in total. The molecule has 1 saturated heterocycles. The Morgan fingerprint density at radius 1 is 1.18 bits per heavy atom. The number of nitrogens with one attached hydrogen (secondary N) is 2. The molecule has 2 aliphatic heterocycles. The molecule has 0 saturated carbocycles. The number of H-pyrrole nitrogens is 1. The Balaban J connectivity index is 0.00000204. The standard InChI is InChI=1S/C22H30ClN7O2.2CH4/c1-12(2)18-11-28(5)13(3)9-30(18)22(32)29-10-16-19(14(29)4)26-27-20(16)25-21(31)17-7-6-15(23)8-24-17;;/h6-8,12-14,18H,9-11H2,1-5H3,(H2,25,26,27,31);2*1H4/t13?,14?,18-;;/m1../s1. The van der Waals surface area contributed by atoms with E-state index in [1.807, 2.05) is 16.7 Å². The molecule has 0 aliphatic carbocycles. The Kier molecular flexibility index (Phi) is 8.71. The third-order valence-electron chi connectivity index (χ3n) is 6.65. The molecule has 188 valence electrons. The summed E-state index contributed by atoms with van der Waals surface area (Å²) in [5.41, 5.74) is 1.92. The summed E-state index contributed by atoms with van der Waals surface area (Å²) in [4.78, 5) is 36.4. The Hall–Kier alpha value is -2.65. The van der Waals surface area contributed by atoms with E-state index in [1.54, 1.807) is 12.1 Å². The number of urea groups is 1. The number of aromatic nitrogens is 3. The number of anilines is 1. The average molecular weight is 492 g/mol. The van der Waals surface area contributed by atoms with Crippen LogP contribution in [0.3, 0.4) is 0 Å². The summed E-state index contributed by atoms with van der Waals surface area (Å²) in [6, 6.07) is 3.49. The second-order valence-electron chi connectivity index (χ2n) is 9.12. The van der Waals surface area contributed by atoms with Gasteiger partial charge in [-0.3, -0.25) is 14.8 Å². The first-order chi connectivity index (χ1) is 15.2. The molecule has 9 nitrogen and oxygen atoms in total. The van der Waals surface area contributed by atoms with E-state index in [0.717, 1.165) is 17.8 Å². The monoisotopic (exact) mass is 491 g/mol. The van der Waals surface area contributed by atoms with Gasteiger partial charge < -0.3 is 15.1 Å². The lowest BCUT2D eigenvalue weighted by molar-refractivity contribution is 0.0351. The second-order valence-corrected chi connectivity index (χ2v) is 9.56. The number of piperazine rings is 1. The lowest BCUT2D eigenvalue weighted by Gasteiger charge is -2.47. The van der Waals surface area contributed by atoms with Crippen molar-refractivity contribution < 1.29 is 9.59 Å². The van der Waals surface area contributed by atoms with Gasteiger partial charge in [0.05, 0.1) is 23.3 Å². The SMILES string of the molecule is C.C.CC(C)[C@H]1CN(C)C(C)CN1C(=O)N1Cc2c(NC(=O)c3ccc(Cl)cn3)n[nH]c2C1C. The molecule has 2 aliphatic rings. The van der Waals surface area contributed by atoms with Crippen molar-refractivity contribution in [3.05, 3.63) is 40.3 Å². The predicted octanol–water partition coefficient (Wildman–Crippen LogP) is 4.64. The van der Waals surface area contributed by atoms with Crippen LogP contribution in [0.1, 0.15) is 70.3 Å². The number of hydrogen-bond acceptors (Lipinski definition) is 5. The summed E-state index contributed by atoms with van der Waals surface area (Å²) >= 11 is 5.85. The topological polar surface area (TPSA) is 97.5 Å². The number of nitrogens with zero attached hydrogens (tertiary/aromatic N) is 5. The zero-order valence-electron chi connectivity index (χ0n) is 19.1. The number of rotatable bonds is 3. The van der Waals surface area contributed by atoms with E-state index in [9.17, 15) is 9.59 Å². The number of aromatic amines is 1. The maximum atomic E-state index is 13.6. The van der Waals surface area contributed by atoms with Crippen molar-refractivity contribution in [1.29, 1.82) is 0 Å². The summed E-state index contributed by atoms with van der Waals surface area (Å²) in [6.07, 6.45) is 1.43. The molecule has 0 bridgehead atoms. The van der Waals surface area contributed by atoms with Crippen molar-refractivity contribution in [2.24, 2.45) is 5.92 Å². The van der Waals surface area contributed by atoms with Crippen molar-refractivity contribution in [3.63, 3.8) is 0 Å². The molecule has 3 atom stereocenters. The smallest absolute Gasteiger partial charge is 0.319 e. The van der Waals surface area contributed by atoms with Crippen molar-refractivity contribution in [1.82, 2.24) is 29.9 Å². The Labute approximate surface area is 207 Å². The van der Waals surface area contributed by atoms with Crippen LogP contribution in [-0.2, 0) is 6.54 Å². The summed E-state index contributed by atoms with van der Waals surface area (Å²) in [7, 11) is 2.11. The molecule has 2 aromatic rings. The van der Waals surface area contributed by atoms with E-state index in [2.05, 4.69) is 53.2 Å². The predicted molar refractivity (Wildman–Crippen MR) is 136 cm³/mol. The summed E-state index contributed by atoms with van der Waals surface area (Å²) in [5.74, 6) is 0.408. The molecule has 10 heteroatoms. The van der Waals surface area contributed by atoms with E-state index < -0.39 is 0 Å². The van der Waals surface area contributed by atoms with Gasteiger partial charge in [-0.05, 0) is 38.9 Å². The Morgan fingerprint density at radius 3 is 2.50 bits per heavy atom. The molecule has 0 radical (unpaired) electrons. The molecular weight excluding hydrogens is 454 g/mol. The van der Waals surface area contributed by atoms with Crippen molar-refractivity contribution in [2.75, 3.05) is 25.5 Å². The Bertz CT molecular complexity index is 1010. The summed E-state index contributed by atoms with van der Waals surface area (Å²) < 4.78 is 0. The second kappa shape index (κ2) is 10.7. The van der Waals surface area contributed by atoms with Crippen molar-refractivity contribution in [2.45, 2.75) is 67.2 Å². The highest BCUT2D eigenvalue weighted by atomic mass is 35.5. The van der Waals surface area contributed by atoms with Gasteiger partial charge in [0.15, 0.2) is 5.82 Å². The number of pyridine rings is 1. The van der Waals surface area contributed by atoms with Gasteiger partial charge in [-0.1, -0.05) is 40.3 Å². The lowest BCUT2D eigenvalue weighted by Crippen LogP contribution is -2.61. The minimum atomic E-state index is -0.374. The van der Waals surface area contributed by atoms with Gasteiger partial charge in [-0.2, -0.15) is 5.10 Å². The van der Waals surface area contributed by atoms with E-state index in [1.165, 1.54) is 6.20 Å². The van der Waals surface area contributed by atoms with Crippen LogP contribution in [0.25, 0.3) is 0 Å². The van der Waals surface area contributed by atoms with E-state index >= 15 is 0 Å². The first kappa shape index (κ1) is 27.6. The zero-order chi connectivity index (χ0) is 23.2. The Morgan fingerprint density at radius 2 is 1.88 bits per heavy atom. The zero-order valence-corrected chi connectivity index (χ0v) is 19.8. The largest absolute Gasteiger partial charge is 0.321 e. The normalized spacial score (nSPS) is 22.1. The van der Waals surface area contributed by atoms with Gasteiger partial charge in [0, 0.05) is 36.9 Å². The molecule has 2 aromatic heterocycles. The fourth-order valence-corrected chi connectivity index (χ4v) is 4.57. The quantitative estimate of drug-likeness (QED) is 0.651. The van der Waals surface area contributed by atoms with Crippen LogP contribution in [0, 0.1) is 5.92 Å². The van der Waals surface area contributed by atoms with Gasteiger partial charge in [0.25, 0.3) is 5.91 Å². The van der Waals surface area contributed by atoms with Gasteiger partial charge >= 0.3 is 6.03 Å². The first-order valence-electron chi connectivity index (χ1n) is 10.9. The molecular formula is C24H38ClN7O2. The number of fused-ring (bicyclic) bond motifs is 1. The van der Waals surface area contributed by atoms with Crippen LogP contribution in [0.15, 0.2) is 18.3 Å². The van der Waals surface area contributed by atoms with Gasteiger partial charge in [0.1, 0.15) is 5.69 Å². The average Bonchev–Trinajstić information content (AvgIpc) is 3.29. The maximum absolute atomic E-state index is 13.6. The van der Waals surface area contributed by atoms with Gasteiger partial charge in [-0.25, -0.2) is 9.78 Å². The number of carbonyl (C=O) groups excluding carboxylic acids is 2. The number of likely N-dealkylation sites (N-methyl/N-ethyl adjacent to an activating group) is 1. The summed E-state index contributed by atoms with van der Waals surface area (Å²) in [5, 5.41) is 10.6. The highest BCUT2D eigenvalue weighted by molar-refractivity contribution is 6.30. The van der Waals surface area contributed by atoms with E-state index in [4.69, 9.17) is 11.6 Å². The van der Waals surface area contributed by atoms with Gasteiger partial charge in [0.2, 0.25) is 0 Å². The van der Waals surface area contributed by atoms with Crippen LogP contribution >= 0.6 is 11.6 Å². The maximum Gasteiger partial charge on any atom is 0.321 e. The molecule has 3 amide bonds. The number of hydrogen-bond donors (Lipinski definition) is 2. The number of halogens is 1. The van der Waals surface area contributed by atoms with E-state index in [0.29, 0.717) is 35.9 Å². The molecule has 4 rings (SSSR count). The highest BCUT2D eigenvalue weighted by Crippen LogP contribution is 2.37. The first-order valence-corrected chi connectivity index (χ1v) is 11.3. The highest BCUT2D eigenvalue weighted by Gasteiger charge is 2.41. The number of carbonyl (C=O) groups is 2. The fraction of sp³-hybridized carbons (Fsp3) is 0.583. The summed E-state index contributed by atoms with van der Waals surface area (Å²) in [6.45, 7) is 10.4. The van der Waals surface area contributed by atoms with Gasteiger partial charge in [-0.15, -0.1) is 0 Å². The van der Waals surface area contributed by atoms with Crippen molar-refractivity contribution >= 4 is 29.4 Å². The molecule has 34 heavy (non-hydrogen) atoms. The minimum absolute atomic E-state index is 0. The van der Waals surface area contributed by atoms with E-state index in [-0.39, 0.29) is 44.6 Å². The molecule has 4 heterocycles. The third-order valence-corrected chi connectivity index (χ3v) is 6.88.